The predicted octanol–water partition coefficient (Wildman–Crippen LogP) is 5.22. The minimum atomic E-state index is -0.480. The number of carbonyl (C=O) groups excluding carboxylic acids is 1. The van der Waals surface area contributed by atoms with Crippen molar-refractivity contribution in [3.05, 3.63) is 64.2 Å². The molecular weight excluding hydrogens is 334 g/mol. The molecule has 3 heteroatoms. The van der Waals surface area contributed by atoms with Crippen molar-refractivity contribution in [2.45, 2.75) is 71.9 Å². The molecule has 0 spiro atoms. The van der Waals surface area contributed by atoms with Gasteiger partial charge >= 0.3 is 0 Å². The molecule has 27 heavy (non-hydrogen) atoms. The van der Waals surface area contributed by atoms with Crippen molar-refractivity contribution in [1.29, 1.82) is 0 Å². The predicted molar refractivity (Wildman–Crippen MR) is 110 cm³/mol. The summed E-state index contributed by atoms with van der Waals surface area (Å²) in [5.41, 5.74) is 6.36. The number of amides is 1. The quantitative estimate of drug-likeness (QED) is 0.762. The van der Waals surface area contributed by atoms with Gasteiger partial charge in [-0.25, -0.2) is 0 Å². The van der Waals surface area contributed by atoms with Crippen LogP contribution in [0.1, 0.15) is 67.0 Å². The Kier molecular flexibility index (Phi) is 6.20. The van der Waals surface area contributed by atoms with Crippen molar-refractivity contribution < 1.29 is 9.53 Å². The average Bonchev–Trinajstić information content (AvgIpc) is 2.64. The number of nitrogens with one attached hydrogen (secondary N) is 1. The van der Waals surface area contributed by atoms with E-state index >= 15 is 0 Å². The third-order valence-corrected chi connectivity index (χ3v) is 5.37. The summed E-state index contributed by atoms with van der Waals surface area (Å²) < 4.78 is 6.00. The highest BCUT2D eigenvalue weighted by Crippen LogP contribution is 2.25. The molecule has 0 aromatic heterocycles. The van der Waals surface area contributed by atoms with Gasteiger partial charge in [0, 0.05) is 0 Å². The molecule has 0 unspecified atom stereocenters. The molecule has 2 aromatic rings. The second-order valence-electron chi connectivity index (χ2n) is 7.80. The van der Waals surface area contributed by atoms with Crippen LogP contribution >= 0.6 is 0 Å². The van der Waals surface area contributed by atoms with Crippen LogP contribution in [0.3, 0.4) is 0 Å². The van der Waals surface area contributed by atoms with Crippen molar-refractivity contribution in [2.24, 2.45) is 0 Å². The maximum atomic E-state index is 12.8. The topological polar surface area (TPSA) is 38.3 Å². The molecule has 3 nitrogen and oxygen atoms in total. The van der Waals surface area contributed by atoms with Crippen LogP contribution in [0.4, 0.5) is 0 Å². The monoisotopic (exact) mass is 365 g/mol. The maximum Gasteiger partial charge on any atom is 0.261 e. The smallest absolute Gasteiger partial charge is 0.261 e. The molecule has 0 saturated heterocycles. The second kappa shape index (κ2) is 8.60. The molecule has 0 saturated carbocycles. The molecule has 1 aliphatic carbocycles. The normalized spacial score (nSPS) is 15.6. The molecule has 2 aromatic carbocycles. The van der Waals surface area contributed by atoms with Crippen LogP contribution < -0.4 is 10.1 Å². The largest absolute Gasteiger partial charge is 0.481 e. The van der Waals surface area contributed by atoms with Crippen LogP contribution in [-0.2, 0) is 17.6 Å². The van der Waals surface area contributed by atoms with Gasteiger partial charge in [0.25, 0.3) is 5.91 Å². The molecule has 3 rings (SSSR count). The zero-order valence-electron chi connectivity index (χ0n) is 17.0. The lowest BCUT2D eigenvalue weighted by Crippen LogP contribution is -2.39. The molecule has 0 aliphatic heterocycles. The Bertz CT molecular complexity index is 792. The molecule has 0 fully saturated rings. The molecule has 0 bridgehead atoms. The van der Waals surface area contributed by atoms with E-state index in [2.05, 4.69) is 29.6 Å². The summed E-state index contributed by atoms with van der Waals surface area (Å²) in [6.45, 7) is 8.11. The lowest BCUT2D eigenvalue weighted by atomic mass is 9.89. The number of aryl methyl sites for hydroxylation is 4. The van der Waals surface area contributed by atoms with Gasteiger partial charge in [-0.3, -0.25) is 4.79 Å². The van der Waals surface area contributed by atoms with Gasteiger partial charge < -0.3 is 10.1 Å². The number of hydrogen-bond acceptors (Lipinski definition) is 2. The first-order valence-electron chi connectivity index (χ1n) is 10.1. The number of benzene rings is 2. The summed E-state index contributed by atoms with van der Waals surface area (Å²) in [5, 5.41) is 3.14. The van der Waals surface area contributed by atoms with Crippen LogP contribution in [0.25, 0.3) is 0 Å². The molecule has 144 valence electrons. The highest BCUT2D eigenvalue weighted by atomic mass is 16.5. The van der Waals surface area contributed by atoms with E-state index < -0.39 is 6.10 Å². The number of fused-ring (bicyclic) bond motifs is 1. The number of rotatable bonds is 6. The number of ether oxygens (including phenoxy) is 1. The van der Waals surface area contributed by atoms with Crippen molar-refractivity contribution in [3.63, 3.8) is 0 Å². The van der Waals surface area contributed by atoms with E-state index in [1.165, 1.54) is 36.0 Å². The van der Waals surface area contributed by atoms with Gasteiger partial charge in [0.05, 0.1) is 6.04 Å². The standard InChI is InChI=1S/C24H31NO2/c1-5-23(27-22-13-16(2)12-17(3)14-22)24(26)25-18(4)20-11-10-19-8-6-7-9-21(19)15-20/h10-15,18,23H,5-9H2,1-4H3,(H,25,26)/t18-,23+/m0/s1. The van der Waals surface area contributed by atoms with Gasteiger partial charge in [-0.15, -0.1) is 0 Å². The molecular formula is C24H31NO2. The Hall–Kier alpha value is -2.29. The van der Waals surface area contributed by atoms with Gasteiger partial charge in [0.15, 0.2) is 6.10 Å². The lowest BCUT2D eigenvalue weighted by molar-refractivity contribution is -0.128. The summed E-state index contributed by atoms with van der Waals surface area (Å²) in [7, 11) is 0. The summed E-state index contributed by atoms with van der Waals surface area (Å²) in [6, 6.07) is 12.7. The summed E-state index contributed by atoms with van der Waals surface area (Å²) in [4.78, 5) is 12.8. The molecule has 1 N–H and O–H groups in total. The fraction of sp³-hybridized carbons (Fsp3) is 0.458. The second-order valence-corrected chi connectivity index (χ2v) is 7.80. The number of hydrogen-bond donors (Lipinski definition) is 1. The lowest BCUT2D eigenvalue weighted by Gasteiger charge is -2.23. The van der Waals surface area contributed by atoms with E-state index in [4.69, 9.17) is 4.74 Å². The Morgan fingerprint density at radius 3 is 2.37 bits per heavy atom. The van der Waals surface area contributed by atoms with Gasteiger partial charge in [-0.05, 0) is 92.8 Å². The zero-order valence-corrected chi connectivity index (χ0v) is 17.0. The highest BCUT2D eigenvalue weighted by Gasteiger charge is 2.21. The average molecular weight is 366 g/mol. The van der Waals surface area contributed by atoms with Crippen LogP contribution in [0.5, 0.6) is 5.75 Å². The maximum absolute atomic E-state index is 12.8. The molecule has 0 radical (unpaired) electrons. The summed E-state index contributed by atoms with van der Waals surface area (Å²) in [5.74, 6) is 0.706. The molecule has 0 heterocycles. The van der Waals surface area contributed by atoms with E-state index in [1.54, 1.807) is 0 Å². The summed E-state index contributed by atoms with van der Waals surface area (Å²) >= 11 is 0. The Labute approximate surface area is 163 Å². The van der Waals surface area contributed by atoms with E-state index in [9.17, 15) is 4.79 Å². The zero-order chi connectivity index (χ0) is 19.4. The van der Waals surface area contributed by atoms with Crippen molar-refractivity contribution in [1.82, 2.24) is 5.32 Å². The highest BCUT2D eigenvalue weighted by molar-refractivity contribution is 5.81. The summed E-state index contributed by atoms with van der Waals surface area (Å²) in [6.07, 6.45) is 5.03. The van der Waals surface area contributed by atoms with Crippen LogP contribution in [0.15, 0.2) is 36.4 Å². The van der Waals surface area contributed by atoms with Gasteiger partial charge in [-0.2, -0.15) is 0 Å². The van der Waals surface area contributed by atoms with Crippen LogP contribution in [0.2, 0.25) is 0 Å². The SMILES string of the molecule is CC[C@@H](Oc1cc(C)cc(C)c1)C(=O)N[C@@H](C)c1ccc2c(c1)CCCC2. The first-order valence-corrected chi connectivity index (χ1v) is 10.1. The molecule has 2 atom stereocenters. The number of carbonyl (C=O) groups is 1. The van der Waals surface area contributed by atoms with E-state index in [-0.39, 0.29) is 11.9 Å². The minimum absolute atomic E-state index is 0.0263. The van der Waals surface area contributed by atoms with Crippen LogP contribution in [0, 0.1) is 13.8 Å². The third-order valence-electron chi connectivity index (χ3n) is 5.37. The van der Waals surface area contributed by atoms with Crippen molar-refractivity contribution >= 4 is 5.91 Å². The third kappa shape index (κ3) is 4.91. The van der Waals surface area contributed by atoms with Gasteiger partial charge in [0.2, 0.25) is 0 Å². The fourth-order valence-corrected chi connectivity index (χ4v) is 3.90. The fourth-order valence-electron chi connectivity index (χ4n) is 3.90. The van der Waals surface area contributed by atoms with Gasteiger partial charge in [-0.1, -0.05) is 31.2 Å². The van der Waals surface area contributed by atoms with Crippen LogP contribution in [-0.4, -0.2) is 12.0 Å². The van der Waals surface area contributed by atoms with E-state index in [0.29, 0.717) is 6.42 Å². The first-order chi connectivity index (χ1) is 13.0. The van der Waals surface area contributed by atoms with Crippen molar-refractivity contribution in [2.75, 3.05) is 0 Å². The van der Waals surface area contributed by atoms with E-state index in [0.717, 1.165) is 23.3 Å². The first kappa shape index (κ1) is 19.5. The Morgan fingerprint density at radius 1 is 1.04 bits per heavy atom. The Balaban J connectivity index is 1.67. The van der Waals surface area contributed by atoms with Gasteiger partial charge in [0.1, 0.15) is 5.75 Å². The molecule has 1 amide bonds. The van der Waals surface area contributed by atoms with E-state index in [1.807, 2.05) is 39.8 Å². The minimum Gasteiger partial charge on any atom is -0.481 e. The molecule has 1 aliphatic rings. The van der Waals surface area contributed by atoms with Crippen molar-refractivity contribution in [3.8, 4) is 5.75 Å². The Morgan fingerprint density at radius 2 is 1.70 bits per heavy atom.